The lowest BCUT2D eigenvalue weighted by Crippen LogP contribution is -2.28. The molecule has 1 saturated heterocycles. The monoisotopic (exact) mass is 426 g/mol. The summed E-state index contributed by atoms with van der Waals surface area (Å²) in [7, 11) is 0. The fraction of sp³-hybridized carbons (Fsp3) is 0.167. The predicted molar refractivity (Wildman–Crippen MR) is 102 cm³/mol. The van der Waals surface area contributed by atoms with Gasteiger partial charge in [0, 0.05) is 41.6 Å². The summed E-state index contributed by atoms with van der Waals surface area (Å²) in [6.45, 7) is 0.332. The Kier molecular flexibility index (Phi) is 4.68. The molecule has 3 heterocycles. The highest BCUT2D eigenvalue weighted by Gasteiger charge is 2.35. The molecule has 0 saturated carbocycles. The molecule has 136 valence electrons. The van der Waals surface area contributed by atoms with Gasteiger partial charge in [0.2, 0.25) is 11.8 Å². The molecular formula is C18H15BrN6O2. The highest BCUT2D eigenvalue weighted by Crippen LogP contribution is 2.28. The molecule has 1 atom stereocenters. The first-order valence-corrected chi connectivity index (χ1v) is 9.08. The smallest absolute Gasteiger partial charge is 0.230 e. The van der Waals surface area contributed by atoms with E-state index >= 15 is 0 Å². The largest absolute Gasteiger partial charge is 0.312 e. The molecule has 1 aliphatic rings. The Morgan fingerprint density at radius 1 is 1.22 bits per heavy atom. The molecule has 0 aliphatic carbocycles. The molecule has 0 radical (unpaired) electrons. The molecule has 0 bridgehead atoms. The number of carbonyl (C=O) groups is 2. The van der Waals surface area contributed by atoms with E-state index in [-0.39, 0.29) is 18.2 Å². The van der Waals surface area contributed by atoms with Gasteiger partial charge in [-0.05, 0) is 24.3 Å². The first-order chi connectivity index (χ1) is 13.1. The number of hydrogen-bond donors (Lipinski definition) is 1. The zero-order valence-corrected chi connectivity index (χ0v) is 15.7. The average Bonchev–Trinajstić information content (AvgIpc) is 3.32. The minimum absolute atomic E-state index is 0.0758. The van der Waals surface area contributed by atoms with Crippen molar-refractivity contribution in [3.8, 4) is 5.82 Å². The van der Waals surface area contributed by atoms with Gasteiger partial charge in [-0.25, -0.2) is 14.6 Å². The number of nitrogens with one attached hydrogen (secondary N) is 1. The fourth-order valence-electron chi connectivity index (χ4n) is 2.95. The van der Waals surface area contributed by atoms with E-state index in [4.69, 9.17) is 0 Å². The van der Waals surface area contributed by atoms with Gasteiger partial charge in [-0.2, -0.15) is 5.10 Å². The molecule has 1 aliphatic heterocycles. The Balaban J connectivity index is 1.46. The van der Waals surface area contributed by atoms with Gasteiger partial charge in [0.1, 0.15) is 12.1 Å². The lowest BCUT2D eigenvalue weighted by Gasteiger charge is -2.17. The Labute approximate surface area is 163 Å². The van der Waals surface area contributed by atoms with Gasteiger partial charge in [0.15, 0.2) is 5.82 Å². The summed E-state index contributed by atoms with van der Waals surface area (Å²) in [6, 6.07) is 10.9. The number of carbonyl (C=O) groups excluding carboxylic acids is 2. The number of halogens is 1. The molecule has 4 rings (SSSR count). The van der Waals surface area contributed by atoms with E-state index in [0.29, 0.717) is 18.2 Å². The van der Waals surface area contributed by atoms with Crippen molar-refractivity contribution in [3.63, 3.8) is 0 Å². The molecule has 0 spiro atoms. The van der Waals surface area contributed by atoms with E-state index in [2.05, 4.69) is 36.3 Å². The molecule has 27 heavy (non-hydrogen) atoms. The second-order valence-electron chi connectivity index (χ2n) is 6.09. The predicted octanol–water partition coefficient (Wildman–Crippen LogP) is 2.42. The van der Waals surface area contributed by atoms with Gasteiger partial charge in [0.25, 0.3) is 0 Å². The van der Waals surface area contributed by atoms with Crippen LogP contribution in [0.2, 0.25) is 0 Å². The summed E-state index contributed by atoms with van der Waals surface area (Å²) in [4.78, 5) is 34.8. The van der Waals surface area contributed by atoms with E-state index in [1.54, 1.807) is 34.1 Å². The normalized spacial score (nSPS) is 16.6. The summed E-state index contributed by atoms with van der Waals surface area (Å²) < 4.78 is 2.46. The van der Waals surface area contributed by atoms with Crippen LogP contribution in [0.5, 0.6) is 0 Å². The number of anilines is 2. The van der Waals surface area contributed by atoms with Crippen molar-refractivity contribution in [2.75, 3.05) is 16.8 Å². The summed E-state index contributed by atoms with van der Waals surface area (Å²) in [5.41, 5.74) is 0.771. The third kappa shape index (κ3) is 3.72. The van der Waals surface area contributed by atoms with E-state index in [1.165, 1.54) is 6.33 Å². The molecule has 3 aromatic rings. The van der Waals surface area contributed by atoms with Crippen molar-refractivity contribution >= 4 is 39.2 Å². The molecule has 1 aromatic carbocycles. The summed E-state index contributed by atoms with van der Waals surface area (Å²) in [5, 5.41) is 6.87. The second-order valence-corrected chi connectivity index (χ2v) is 7.00. The average molecular weight is 427 g/mol. The maximum absolute atomic E-state index is 12.6. The maximum atomic E-state index is 12.6. The number of benzene rings is 1. The van der Waals surface area contributed by atoms with Crippen molar-refractivity contribution in [3.05, 3.63) is 59.6 Å². The van der Waals surface area contributed by atoms with E-state index in [0.717, 1.165) is 10.2 Å². The van der Waals surface area contributed by atoms with Crippen LogP contribution >= 0.6 is 15.9 Å². The third-order valence-corrected chi connectivity index (χ3v) is 4.75. The van der Waals surface area contributed by atoms with Gasteiger partial charge in [0.05, 0.1) is 5.92 Å². The highest BCUT2D eigenvalue weighted by molar-refractivity contribution is 9.10. The first kappa shape index (κ1) is 17.3. The number of aromatic nitrogens is 4. The lowest BCUT2D eigenvalue weighted by molar-refractivity contribution is -0.122. The number of nitrogens with zero attached hydrogens (tertiary/aromatic N) is 5. The lowest BCUT2D eigenvalue weighted by atomic mass is 10.1. The molecular weight excluding hydrogens is 412 g/mol. The molecule has 9 heteroatoms. The zero-order valence-electron chi connectivity index (χ0n) is 14.1. The molecule has 1 fully saturated rings. The molecule has 8 nitrogen and oxygen atoms in total. The summed E-state index contributed by atoms with van der Waals surface area (Å²) in [5.74, 6) is 0.149. The van der Waals surface area contributed by atoms with Crippen molar-refractivity contribution < 1.29 is 9.59 Å². The van der Waals surface area contributed by atoms with Crippen LogP contribution in [0.25, 0.3) is 5.82 Å². The quantitative estimate of drug-likeness (QED) is 0.691. The third-order valence-electron chi connectivity index (χ3n) is 4.26. The topological polar surface area (TPSA) is 93.0 Å². The standard InChI is InChI=1S/C18H15BrN6O2/c19-13-3-1-4-14(8-13)24-10-12(7-17(24)26)18(27)23-15-9-16(21-11-20-15)25-6-2-5-22-25/h1-6,8-9,11-12H,7,10H2,(H,20,21,23,27). The van der Waals surface area contributed by atoms with Crippen LogP contribution in [0.15, 0.2) is 59.6 Å². The molecule has 2 aromatic heterocycles. The Morgan fingerprint density at radius 3 is 2.89 bits per heavy atom. The van der Waals surface area contributed by atoms with Gasteiger partial charge in [-0.15, -0.1) is 0 Å². The molecule has 1 unspecified atom stereocenters. The van der Waals surface area contributed by atoms with Crippen molar-refractivity contribution in [1.82, 2.24) is 19.7 Å². The summed E-state index contributed by atoms with van der Waals surface area (Å²) in [6.07, 6.45) is 4.91. The van der Waals surface area contributed by atoms with Gasteiger partial charge in [-0.1, -0.05) is 22.0 Å². The van der Waals surface area contributed by atoms with E-state index in [1.807, 2.05) is 24.3 Å². The van der Waals surface area contributed by atoms with Crippen LogP contribution in [0.4, 0.5) is 11.5 Å². The number of rotatable bonds is 4. The Hall–Kier alpha value is -3.07. The second kappa shape index (κ2) is 7.28. The molecule has 2 amide bonds. The van der Waals surface area contributed by atoms with Crippen LogP contribution < -0.4 is 10.2 Å². The van der Waals surface area contributed by atoms with Crippen molar-refractivity contribution in [2.45, 2.75) is 6.42 Å². The van der Waals surface area contributed by atoms with Crippen LogP contribution in [0.3, 0.4) is 0 Å². The minimum Gasteiger partial charge on any atom is -0.312 e. The van der Waals surface area contributed by atoms with Gasteiger partial charge >= 0.3 is 0 Å². The van der Waals surface area contributed by atoms with Crippen LogP contribution in [0.1, 0.15) is 6.42 Å². The molecule has 1 N–H and O–H groups in total. The van der Waals surface area contributed by atoms with Gasteiger partial charge < -0.3 is 10.2 Å². The Morgan fingerprint density at radius 2 is 2.11 bits per heavy atom. The zero-order chi connectivity index (χ0) is 18.8. The van der Waals surface area contributed by atoms with Crippen molar-refractivity contribution in [2.24, 2.45) is 5.92 Å². The fourth-order valence-corrected chi connectivity index (χ4v) is 3.34. The SMILES string of the molecule is O=C(Nc1cc(-n2cccn2)ncn1)C1CC(=O)N(c2cccc(Br)c2)C1. The van der Waals surface area contributed by atoms with E-state index in [9.17, 15) is 9.59 Å². The van der Waals surface area contributed by atoms with Crippen LogP contribution in [-0.2, 0) is 9.59 Å². The summed E-state index contributed by atoms with van der Waals surface area (Å²) >= 11 is 3.40. The Bertz CT molecular complexity index is 991. The van der Waals surface area contributed by atoms with Crippen molar-refractivity contribution in [1.29, 1.82) is 0 Å². The van der Waals surface area contributed by atoms with Gasteiger partial charge in [-0.3, -0.25) is 9.59 Å². The van der Waals surface area contributed by atoms with Crippen LogP contribution in [-0.4, -0.2) is 38.1 Å². The first-order valence-electron chi connectivity index (χ1n) is 8.29. The van der Waals surface area contributed by atoms with Crippen LogP contribution in [0, 0.1) is 5.92 Å². The number of hydrogen-bond acceptors (Lipinski definition) is 5. The minimum atomic E-state index is -0.445. The number of amides is 2. The maximum Gasteiger partial charge on any atom is 0.230 e. The van der Waals surface area contributed by atoms with E-state index < -0.39 is 5.92 Å². The highest BCUT2D eigenvalue weighted by atomic mass is 79.9.